The molecule has 0 radical (unpaired) electrons. The fourth-order valence-electron chi connectivity index (χ4n) is 3.71. The van der Waals surface area contributed by atoms with Crippen molar-refractivity contribution in [1.82, 2.24) is 31.1 Å². The number of ether oxygens (including phenoxy) is 1. The number of carbonyl (C=O) groups is 2. The Labute approximate surface area is 185 Å². The molecule has 2 aromatic carbocycles. The van der Waals surface area contributed by atoms with Crippen molar-refractivity contribution in [2.75, 3.05) is 13.2 Å². The molecule has 9 nitrogen and oxygen atoms in total. The molecule has 172 valence electrons. The van der Waals surface area contributed by atoms with Crippen LogP contribution in [-0.4, -0.2) is 45.2 Å². The second kappa shape index (κ2) is 8.98. The second-order valence-electron chi connectivity index (χ2n) is 7.48. The summed E-state index contributed by atoms with van der Waals surface area (Å²) in [5.74, 6) is -1.19. The molecule has 4 rings (SSSR count). The van der Waals surface area contributed by atoms with Gasteiger partial charge in [0.15, 0.2) is 0 Å². The van der Waals surface area contributed by atoms with Gasteiger partial charge in [-0.3, -0.25) is 20.4 Å². The van der Waals surface area contributed by atoms with E-state index in [0.717, 1.165) is 12.1 Å². The molecule has 2 amide bonds. The molecule has 0 bridgehead atoms. The van der Waals surface area contributed by atoms with Crippen LogP contribution in [0.4, 0.5) is 13.2 Å². The minimum Gasteiger partial charge on any atom is -0.381 e. The molecule has 0 aliphatic carbocycles. The SMILES string of the molecule is O=C(NNC(=O)C1(c2cccc(C(F)(F)F)c2)CCOCC1)c1ccc(-n2cnnn2)cc1. The Hall–Kier alpha value is -3.80. The van der Waals surface area contributed by atoms with Gasteiger partial charge in [-0.15, -0.1) is 5.10 Å². The Morgan fingerprint density at radius 1 is 1.03 bits per heavy atom. The van der Waals surface area contributed by atoms with Crippen LogP contribution in [0.5, 0.6) is 0 Å². The van der Waals surface area contributed by atoms with Crippen LogP contribution in [0.3, 0.4) is 0 Å². The van der Waals surface area contributed by atoms with Crippen molar-refractivity contribution >= 4 is 11.8 Å². The van der Waals surface area contributed by atoms with E-state index < -0.39 is 29.0 Å². The third kappa shape index (κ3) is 4.70. The van der Waals surface area contributed by atoms with Gasteiger partial charge in [0.05, 0.1) is 16.7 Å². The normalized spacial score (nSPS) is 15.6. The highest BCUT2D eigenvalue weighted by Crippen LogP contribution is 2.38. The van der Waals surface area contributed by atoms with Gasteiger partial charge in [-0.2, -0.15) is 13.2 Å². The van der Waals surface area contributed by atoms with Crippen LogP contribution in [0.25, 0.3) is 5.69 Å². The number of halogens is 3. The van der Waals surface area contributed by atoms with Crippen LogP contribution in [0.2, 0.25) is 0 Å². The minimum atomic E-state index is -4.54. The number of rotatable bonds is 4. The molecule has 3 aromatic rings. The van der Waals surface area contributed by atoms with Crippen molar-refractivity contribution in [2.45, 2.75) is 24.4 Å². The monoisotopic (exact) mass is 460 g/mol. The number of carbonyl (C=O) groups excluding carboxylic acids is 2. The van der Waals surface area contributed by atoms with E-state index in [1.54, 1.807) is 12.1 Å². The summed E-state index contributed by atoms with van der Waals surface area (Å²) in [6.07, 6.45) is -2.79. The van der Waals surface area contributed by atoms with Crippen LogP contribution in [-0.2, 0) is 21.1 Å². The molecular weight excluding hydrogens is 441 g/mol. The van der Waals surface area contributed by atoms with Gasteiger partial charge in [-0.1, -0.05) is 18.2 Å². The number of hydrogen-bond acceptors (Lipinski definition) is 6. The van der Waals surface area contributed by atoms with Gasteiger partial charge in [0.1, 0.15) is 6.33 Å². The highest BCUT2D eigenvalue weighted by Gasteiger charge is 2.43. The number of amides is 2. The predicted octanol–water partition coefficient (Wildman–Crippen LogP) is 2.19. The van der Waals surface area contributed by atoms with Crippen molar-refractivity contribution in [2.24, 2.45) is 0 Å². The van der Waals surface area contributed by atoms with E-state index in [0.29, 0.717) is 5.69 Å². The van der Waals surface area contributed by atoms with E-state index >= 15 is 0 Å². The molecule has 0 atom stereocenters. The number of alkyl halides is 3. The lowest BCUT2D eigenvalue weighted by molar-refractivity contribution is -0.138. The lowest BCUT2D eigenvalue weighted by Gasteiger charge is -2.36. The fraction of sp³-hybridized carbons (Fsp3) is 0.286. The molecule has 12 heteroatoms. The first-order chi connectivity index (χ1) is 15.8. The van der Waals surface area contributed by atoms with Crippen molar-refractivity contribution < 1.29 is 27.5 Å². The molecule has 0 unspecified atom stereocenters. The summed E-state index contributed by atoms with van der Waals surface area (Å²) in [7, 11) is 0. The topological polar surface area (TPSA) is 111 Å². The van der Waals surface area contributed by atoms with E-state index in [1.165, 1.54) is 35.3 Å². The summed E-state index contributed by atoms with van der Waals surface area (Å²) in [4.78, 5) is 25.6. The van der Waals surface area contributed by atoms with Crippen LogP contribution in [0.1, 0.15) is 34.3 Å². The summed E-state index contributed by atoms with van der Waals surface area (Å²) in [6, 6.07) is 11.0. The smallest absolute Gasteiger partial charge is 0.381 e. The Balaban J connectivity index is 1.49. The molecule has 0 spiro atoms. The Morgan fingerprint density at radius 3 is 2.39 bits per heavy atom. The Bertz CT molecular complexity index is 1130. The molecule has 1 saturated heterocycles. The van der Waals surface area contributed by atoms with Crippen molar-refractivity contribution in [3.63, 3.8) is 0 Å². The standard InChI is InChI=1S/C21H19F3N6O3/c22-21(23,24)16-3-1-2-15(12-16)20(8-10-33-11-9-20)19(32)27-26-18(31)14-4-6-17(7-5-14)30-13-25-28-29-30/h1-7,12-13H,8-11H2,(H,26,31)(H,27,32). The van der Waals surface area contributed by atoms with Gasteiger partial charge in [0.25, 0.3) is 5.91 Å². The van der Waals surface area contributed by atoms with Crippen molar-refractivity contribution in [3.8, 4) is 5.69 Å². The average Bonchev–Trinajstić information content (AvgIpc) is 3.37. The maximum absolute atomic E-state index is 13.2. The third-order valence-corrected chi connectivity index (χ3v) is 5.56. The average molecular weight is 460 g/mol. The number of hydrogen-bond donors (Lipinski definition) is 2. The van der Waals surface area contributed by atoms with Crippen LogP contribution in [0.15, 0.2) is 54.9 Å². The summed E-state index contributed by atoms with van der Waals surface area (Å²) >= 11 is 0. The summed E-state index contributed by atoms with van der Waals surface area (Å²) in [6.45, 7) is 0.409. The third-order valence-electron chi connectivity index (χ3n) is 5.56. The predicted molar refractivity (Wildman–Crippen MR) is 108 cm³/mol. The zero-order valence-electron chi connectivity index (χ0n) is 17.2. The number of aromatic nitrogens is 4. The zero-order valence-corrected chi connectivity index (χ0v) is 17.2. The van der Waals surface area contributed by atoms with Gasteiger partial charge < -0.3 is 4.74 Å². The molecule has 1 fully saturated rings. The summed E-state index contributed by atoms with van der Waals surface area (Å²) in [5, 5.41) is 10.8. The fourth-order valence-corrected chi connectivity index (χ4v) is 3.71. The van der Waals surface area contributed by atoms with Crippen molar-refractivity contribution in [3.05, 3.63) is 71.5 Å². The Morgan fingerprint density at radius 2 is 1.76 bits per heavy atom. The molecule has 1 aliphatic heterocycles. The first-order valence-electron chi connectivity index (χ1n) is 9.99. The van der Waals surface area contributed by atoms with Crippen LogP contribution in [0, 0.1) is 0 Å². The van der Waals surface area contributed by atoms with Gasteiger partial charge in [-0.05, 0) is 59.2 Å². The van der Waals surface area contributed by atoms with E-state index in [1.807, 2.05) is 0 Å². The van der Waals surface area contributed by atoms with E-state index in [-0.39, 0.29) is 37.2 Å². The van der Waals surface area contributed by atoms with Gasteiger partial charge in [-0.25, -0.2) is 4.68 Å². The van der Waals surface area contributed by atoms with Gasteiger partial charge in [0, 0.05) is 18.8 Å². The first-order valence-corrected chi connectivity index (χ1v) is 9.99. The largest absolute Gasteiger partial charge is 0.416 e. The lowest BCUT2D eigenvalue weighted by atomic mass is 9.73. The van der Waals surface area contributed by atoms with E-state index in [4.69, 9.17) is 4.74 Å². The van der Waals surface area contributed by atoms with Crippen molar-refractivity contribution in [1.29, 1.82) is 0 Å². The minimum absolute atomic E-state index is 0.177. The summed E-state index contributed by atoms with van der Waals surface area (Å²) in [5.41, 5.74) is 3.72. The first kappa shape index (κ1) is 22.4. The summed E-state index contributed by atoms with van der Waals surface area (Å²) < 4.78 is 46.4. The molecule has 33 heavy (non-hydrogen) atoms. The molecule has 1 aliphatic rings. The van der Waals surface area contributed by atoms with Crippen LogP contribution >= 0.6 is 0 Å². The van der Waals surface area contributed by atoms with E-state index in [9.17, 15) is 22.8 Å². The number of hydrazine groups is 1. The highest BCUT2D eigenvalue weighted by atomic mass is 19.4. The molecule has 2 N–H and O–H groups in total. The highest BCUT2D eigenvalue weighted by molar-refractivity contribution is 5.97. The van der Waals surface area contributed by atoms with Gasteiger partial charge in [0.2, 0.25) is 5.91 Å². The van der Waals surface area contributed by atoms with Crippen LogP contribution < -0.4 is 10.9 Å². The maximum Gasteiger partial charge on any atom is 0.416 e. The molecule has 1 aromatic heterocycles. The molecule has 2 heterocycles. The number of tetrazole rings is 1. The second-order valence-corrected chi connectivity index (χ2v) is 7.48. The van der Waals surface area contributed by atoms with Gasteiger partial charge >= 0.3 is 6.18 Å². The number of benzene rings is 2. The molecule has 0 saturated carbocycles. The lowest BCUT2D eigenvalue weighted by Crippen LogP contribution is -2.53. The number of nitrogens with one attached hydrogen (secondary N) is 2. The number of nitrogens with zero attached hydrogens (tertiary/aromatic N) is 4. The quantitative estimate of drug-likeness (QED) is 0.578. The zero-order chi connectivity index (χ0) is 23.5. The molecular formula is C21H19F3N6O3. The maximum atomic E-state index is 13.2. The Kier molecular flexibility index (Phi) is 6.09. The van der Waals surface area contributed by atoms with E-state index in [2.05, 4.69) is 26.4 Å².